The third kappa shape index (κ3) is 4.54. The van der Waals surface area contributed by atoms with E-state index in [1.807, 2.05) is 41.8 Å². The van der Waals surface area contributed by atoms with Crippen LogP contribution in [0.15, 0.2) is 60.0 Å². The number of imidazole rings is 1. The van der Waals surface area contributed by atoms with Crippen LogP contribution in [0.4, 0.5) is 0 Å². The fourth-order valence-corrected chi connectivity index (χ4v) is 4.17. The molecule has 0 atom stereocenters. The number of thiophene rings is 1. The van der Waals surface area contributed by atoms with Gasteiger partial charge in [0.1, 0.15) is 11.6 Å². The van der Waals surface area contributed by atoms with Crippen LogP contribution in [0.5, 0.6) is 5.75 Å². The van der Waals surface area contributed by atoms with Crippen LogP contribution >= 0.6 is 11.3 Å². The van der Waals surface area contributed by atoms with E-state index < -0.39 is 0 Å². The maximum Gasteiger partial charge on any atom is 0.261 e. The molecule has 5 nitrogen and oxygen atoms in total. The number of fused-ring (bicyclic) bond motifs is 1. The molecule has 0 aliphatic rings. The first-order valence-corrected chi connectivity index (χ1v) is 11.0. The lowest BCUT2D eigenvalue weighted by molar-refractivity contribution is 0.0953. The third-order valence-electron chi connectivity index (χ3n) is 5.00. The highest BCUT2D eigenvalue weighted by atomic mass is 32.1. The number of ether oxygens (including phenoxy) is 1. The van der Waals surface area contributed by atoms with Crippen molar-refractivity contribution < 1.29 is 9.53 Å². The second-order valence-electron chi connectivity index (χ2n) is 7.30. The zero-order valence-corrected chi connectivity index (χ0v) is 18.0. The highest BCUT2D eigenvalue weighted by Crippen LogP contribution is 2.20. The van der Waals surface area contributed by atoms with Crippen molar-refractivity contribution >= 4 is 28.3 Å². The van der Waals surface area contributed by atoms with Gasteiger partial charge in [-0.15, -0.1) is 11.3 Å². The topological polar surface area (TPSA) is 56.1 Å². The Morgan fingerprint density at radius 2 is 2.00 bits per heavy atom. The van der Waals surface area contributed by atoms with Crippen LogP contribution in [0.1, 0.15) is 33.0 Å². The maximum absolute atomic E-state index is 12.3. The first-order valence-electron chi connectivity index (χ1n) is 10.1. The Balaban J connectivity index is 1.43. The molecular formula is C24H25N3O2S. The molecule has 0 bridgehead atoms. The molecule has 0 fully saturated rings. The lowest BCUT2D eigenvalue weighted by Crippen LogP contribution is -2.24. The highest BCUT2D eigenvalue weighted by Gasteiger charge is 2.13. The second kappa shape index (κ2) is 9.13. The van der Waals surface area contributed by atoms with Crippen molar-refractivity contribution in [3.8, 4) is 5.75 Å². The van der Waals surface area contributed by atoms with Crippen LogP contribution in [0.2, 0.25) is 0 Å². The highest BCUT2D eigenvalue weighted by molar-refractivity contribution is 7.12. The van der Waals surface area contributed by atoms with Crippen LogP contribution in [0.25, 0.3) is 11.0 Å². The Bertz CT molecular complexity index is 1150. The molecule has 0 unspecified atom stereocenters. The van der Waals surface area contributed by atoms with Gasteiger partial charge in [-0.25, -0.2) is 4.98 Å². The maximum atomic E-state index is 12.3. The molecule has 6 heteroatoms. The van der Waals surface area contributed by atoms with Crippen molar-refractivity contribution in [3.05, 3.63) is 81.8 Å². The van der Waals surface area contributed by atoms with Crippen LogP contribution in [-0.4, -0.2) is 22.1 Å². The van der Waals surface area contributed by atoms with Crippen molar-refractivity contribution in [2.75, 3.05) is 6.61 Å². The van der Waals surface area contributed by atoms with Crippen molar-refractivity contribution in [3.63, 3.8) is 0 Å². The van der Waals surface area contributed by atoms with Gasteiger partial charge >= 0.3 is 0 Å². The molecule has 0 spiro atoms. The molecule has 0 radical (unpaired) electrons. The molecule has 1 N–H and O–H groups in total. The van der Waals surface area contributed by atoms with E-state index in [1.165, 1.54) is 16.9 Å². The van der Waals surface area contributed by atoms with Gasteiger partial charge in [0.15, 0.2) is 0 Å². The predicted octanol–water partition coefficient (Wildman–Crippen LogP) is 5.11. The number of amides is 1. The summed E-state index contributed by atoms with van der Waals surface area (Å²) in [6.45, 7) is 5.94. The number of nitrogens with zero attached hydrogens (tertiary/aromatic N) is 2. The van der Waals surface area contributed by atoms with Crippen LogP contribution < -0.4 is 10.1 Å². The first-order chi connectivity index (χ1) is 14.6. The van der Waals surface area contributed by atoms with Gasteiger partial charge in [0.2, 0.25) is 0 Å². The van der Waals surface area contributed by atoms with Crippen LogP contribution in [-0.2, 0) is 13.1 Å². The van der Waals surface area contributed by atoms with Gasteiger partial charge < -0.3 is 14.6 Å². The molecule has 2 heterocycles. The van der Waals surface area contributed by atoms with E-state index in [0.29, 0.717) is 18.0 Å². The summed E-state index contributed by atoms with van der Waals surface area (Å²) in [6, 6.07) is 18.0. The largest absolute Gasteiger partial charge is 0.493 e. The van der Waals surface area contributed by atoms with Gasteiger partial charge in [0.25, 0.3) is 5.91 Å². The van der Waals surface area contributed by atoms with E-state index in [4.69, 9.17) is 9.72 Å². The summed E-state index contributed by atoms with van der Waals surface area (Å²) in [7, 11) is 0. The smallest absolute Gasteiger partial charge is 0.261 e. The standard InChI is InChI=1S/C24H25N3O2S/c1-17-10-11-21(18(2)15-17)29-13-6-12-27-20-8-4-3-7-19(20)26-23(27)16-25-24(28)22-9-5-14-30-22/h3-5,7-11,14-15H,6,12-13,16H2,1-2H3,(H,25,28). The number of rotatable bonds is 8. The number of aromatic nitrogens is 2. The van der Waals surface area contributed by atoms with Crippen molar-refractivity contribution in [1.82, 2.24) is 14.9 Å². The quantitative estimate of drug-likeness (QED) is 0.404. The molecule has 4 aromatic rings. The summed E-state index contributed by atoms with van der Waals surface area (Å²) in [5, 5.41) is 4.89. The molecule has 0 saturated heterocycles. The van der Waals surface area contributed by atoms with E-state index in [1.54, 1.807) is 0 Å². The molecule has 0 aliphatic carbocycles. The zero-order valence-electron chi connectivity index (χ0n) is 17.2. The first kappa shape index (κ1) is 20.2. The Labute approximate surface area is 180 Å². The van der Waals surface area contributed by atoms with Crippen molar-refractivity contribution in [2.45, 2.75) is 33.4 Å². The molecule has 2 aromatic heterocycles. The summed E-state index contributed by atoms with van der Waals surface area (Å²) in [6.07, 6.45) is 0.847. The summed E-state index contributed by atoms with van der Waals surface area (Å²) >= 11 is 1.44. The Hall–Kier alpha value is -3.12. The minimum atomic E-state index is -0.0678. The summed E-state index contributed by atoms with van der Waals surface area (Å²) in [4.78, 5) is 17.8. The van der Waals surface area contributed by atoms with Crippen molar-refractivity contribution in [2.24, 2.45) is 0 Å². The average Bonchev–Trinajstić information content (AvgIpc) is 3.39. The zero-order chi connectivity index (χ0) is 20.9. The summed E-state index contributed by atoms with van der Waals surface area (Å²) in [5.41, 5.74) is 4.40. The number of nitrogens with one attached hydrogen (secondary N) is 1. The molecule has 154 valence electrons. The summed E-state index contributed by atoms with van der Waals surface area (Å²) in [5.74, 6) is 1.72. The third-order valence-corrected chi connectivity index (χ3v) is 5.87. The molecule has 4 rings (SSSR count). The van der Waals surface area contributed by atoms with Gasteiger partial charge in [-0.2, -0.15) is 0 Å². The van der Waals surface area contributed by atoms with E-state index in [9.17, 15) is 4.79 Å². The van der Waals surface area contributed by atoms with Gasteiger partial charge in [0.05, 0.1) is 29.1 Å². The lowest BCUT2D eigenvalue weighted by Gasteiger charge is -2.12. The monoisotopic (exact) mass is 419 g/mol. The minimum Gasteiger partial charge on any atom is -0.493 e. The number of benzene rings is 2. The van der Waals surface area contributed by atoms with E-state index in [-0.39, 0.29) is 5.91 Å². The normalized spacial score (nSPS) is 11.0. The number of hydrogen-bond acceptors (Lipinski definition) is 4. The number of carbonyl (C=O) groups excluding carboxylic acids is 1. The second-order valence-corrected chi connectivity index (χ2v) is 8.25. The van der Waals surface area contributed by atoms with Crippen LogP contribution in [0, 0.1) is 13.8 Å². The molecule has 0 saturated carbocycles. The van der Waals surface area contributed by atoms with Gasteiger partial charge in [-0.05, 0) is 55.5 Å². The van der Waals surface area contributed by atoms with E-state index >= 15 is 0 Å². The van der Waals surface area contributed by atoms with E-state index in [0.717, 1.165) is 41.1 Å². The van der Waals surface area contributed by atoms with Crippen LogP contribution in [0.3, 0.4) is 0 Å². The fourth-order valence-electron chi connectivity index (χ4n) is 3.53. The van der Waals surface area contributed by atoms with Gasteiger partial charge in [-0.1, -0.05) is 35.9 Å². The Kier molecular flexibility index (Phi) is 6.14. The minimum absolute atomic E-state index is 0.0678. The number of hydrogen-bond donors (Lipinski definition) is 1. The number of para-hydroxylation sites is 2. The van der Waals surface area contributed by atoms with E-state index in [2.05, 4.69) is 41.9 Å². The number of carbonyl (C=O) groups is 1. The SMILES string of the molecule is Cc1ccc(OCCCn2c(CNC(=O)c3cccs3)nc3ccccc32)c(C)c1. The molecule has 30 heavy (non-hydrogen) atoms. The van der Waals surface area contributed by atoms with Gasteiger partial charge in [0, 0.05) is 6.54 Å². The molecular weight excluding hydrogens is 394 g/mol. The molecule has 0 aliphatic heterocycles. The average molecular weight is 420 g/mol. The fraction of sp³-hybridized carbons (Fsp3) is 0.250. The Morgan fingerprint density at radius 1 is 1.13 bits per heavy atom. The van der Waals surface area contributed by atoms with Gasteiger partial charge in [-0.3, -0.25) is 4.79 Å². The lowest BCUT2D eigenvalue weighted by atomic mass is 10.1. The predicted molar refractivity (Wildman–Crippen MR) is 121 cm³/mol. The molecule has 1 amide bonds. The summed E-state index contributed by atoms with van der Waals surface area (Å²) < 4.78 is 8.16. The molecule has 2 aromatic carbocycles. The van der Waals surface area contributed by atoms with Crippen molar-refractivity contribution in [1.29, 1.82) is 0 Å². The number of aryl methyl sites for hydroxylation is 3. The Morgan fingerprint density at radius 3 is 2.80 bits per heavy atom.